The second-order valence-corrected chi connectivity index (χ2v) is 35.4. The molecule has 5 aliphatic carbocycles. The normalized spacial score (nSPS) is 13.8. The molecule has 0 amide bonds. The predicted molar refractivity (Wildman–Crippen MR) is 448 cm³/mol. The summed E-state index contributed by atoms with van der Waals surface area (Å²) in [5, 5.41) is 6.49. The van der Waals surface area contributed by atoms with Crippen molar-refractivity contribution in [3.8, 4) is 11.1 Å². The molecule has 9 N–H and O–H groups in total. The SMILES string of the molecule is C.C.C.C.C.Cc1ccc(NN)cc1.Cc1ccc(NN)cc1.Cc1ccc2[nH]c3c(c2c1)-c1ccccc1CC3.Cc1ccc2[nH]c3c(c2c1)Cc1ccccc1C3.Cc1ccc2c(c1)C1CCc3ccccc3C1N2.O=C1CCCc2ccccc21.O=C1CCc2ccccc2C1.[Cl][Zn][Cl].[Cl][Zn][Cl]. The number of carbonyl (C=O) groups excluding carboxylic acids is 2. The molecule has 0 fully saturated rings. The molecular weight excluding hydrogens is 1480 g/mol. The maximum absolute atomic E-state index is 11.3. The summed E-state index contributed by atoms with van der Waals surface area (Å²) in [5.74, 6) is 11.7. The second-order valence-electron chi connectivity index (χ2n) is 26.1. The predicted octanol–water partition coefficient (Wildman–Crippen LogP) is 24.8. The number of benzene rings is 10. The number of nitrogens with one attached hydrogen (secondary N) is 5. The van der Waals surface area contributed by atoms with Crippen LogP contribution < -0.4 is 27.9 Å². The van der Waals surface area contributed by atoms with Crippen LogP contribution in [0, 0.1) is 34.6 Å². The molecule has 10 aromatic carbocycles. The van der Waals surface area contributed by atoms with E-state index in [1.807, 2.05) is 105 Å². The third-order valence-corrected chi connectivity index (χ3v) is 19.2. The minimum atomic E-state index is -0.931. The van der Waals surface area contributed by atoms with Gasteiger partial charge in [0.05, 0.1) is 6.04 Å². The maximum atomic E-state index is 11.3. The van der Waals surface area contributed by atoms with Crippen molar-refractivity contribution in [2.45, 2.75) is 161 Å². The summed E-state index contributed by atoms with van der Waals surface area (Å²) in [7, 11) is 19.8. The van der Waals surface area contributed by atoms with Crippen LogP contribution in [-0.2, 0) is 86.5 Å². The van der Waals surface area contributed by atoms with Gasteiger partial charge in [-0.3, -0.25) is 21.3 Å². The van der Waals surface area contributed by atoms with Crippen LogP contribution in [-0.4, -0.2) is 21.5 Å². The summed E-state index contributed by atoms with van der Waals surface area (Å²) < 4.78 is 0. The van der Waals surface area contributed by atoms with Gasteiger partial charge in [0, 0.05) is 99.4 Å². The van der Waals surface area contributed by atoms with Gasteiger partial charge in [-0.1, -0.05) is 235 Å². The summed E-state index contributed by atoms with van der Waals surface area (Å²) in [6, 6.07) is 79.0. The number of H-pyrrole nitrogens is 2. The van der Waals surface area contributed by atoms with E-state index in [-0.39, 0.29) is 37.1 Å². The molecule has 2 atom stereocenters. The summed E-state index contributed by atoms with van der Waals surface area (Å²) in [6.45, 7) is 10.6. The number of hydrogen-bond donors (Lipinski definition) is 7. The van der Waals surface area contributed by atoms with Crippen molar-refractivity contribution < 1.29 is 39.9 Å². The third kappa shape index (κ3) is 23.4. The number of aromatic amines is 2. The zero-order valence-electron chi connectivity index (χ0n) is 57.9. The molecule has 18 rings (SSSR count). The van der Waals surface area contributed by atoms with Crippen LogP contribution in [0.15, 0.2) is 224 Å². The Balaban J connectivity index is 0.000000219. The van der Waals surface area contributed by atoms with E-state index < -0.39 is 30.3 Å². The molecule has 0 saturated carbocycles. The van der Waals surface area contributed by atoms with Gasteiger partial charge in [-0.15, -0.1) is 0 Å². The van der Waals surface area contributed by atoms with Gasteiger partial charge in [-0.25, -0.2) is 0 Å². The molecule has 2 aromatic heterocycles. The van der Waals surface area contributed by atoms with E-state index in [2.05, 4.69) is 180 Å². The van der Waals surface area contributed by atoms with Crippen LogP contribution >= 0.6 is 38.8 Å². The second kappa shape index (κ2) is 43.8. The van der Waals surface area contributed by atoms with E-state index in [0.717, 1.165) is 74.7 Å². The Bertz CT molecular complexity index is 4660. The number of ketones is 2. The number of aromatic nitrogens is 2. The van der Waals surface area contributed by atoms with E-state index in [9.17, 15) is 9.59 Å². The molecule has 0 spiro atoms. The minimum absolute atomic E-state index is 0. The van der Waals surface area contributed by atoms with Crippen LogP contribution in [0.3, 0.4) is 0 Å². The molecule has 546 valence electrons. The molecule has 0 saturated heterocycles. The van der Waals surface area contributed by atoms with Gasteiger partial charge in [0.2, 0.25) is 0 Å². The monoisotopic (exact) mass is 1590 g/mol. The summed E-state index contributed by atoms with van der Waals surface area (Å²) in [6.07, 6.45) is 12.0. The van der Waals surface area contributed by atoms with Crippen molar-refractivity contribution in [1.82, 2.24) is 9.97 Å². The van der Waals surface area contributed by atoms with Crippen molar-refractivity contribution in [3.05, 3.63) is 325 Å². The number of hydrazine groups is 2. The molecule has 0 radical (unpaired) electrons. The van der Waals surface area contributed by atoms with Crippen molar-refractivity contribution in [1.29, 1.82) is 0 Å². The van der Waals surface area contributed by atoms with Crippen LogP contribution in [0.1, 0.15) is 180 Å². The standard InChI is InChI=1S/C17H17N.2C17H15N.2C10H10O.2C7H10N2.5CH4.4ClH.2Zn/c1-11-6-9-16-15(10-11)14-8-7-12-4-2-3-5-13(12)17(14)18-16;1-11-6-8-15-14(10-11)17-13-5-3-2-4-12(13)7-9-16(17)18-15;1-11-6-7-16-14(8-11)15-9-12-4-2-3-5-13(12)10-17(15)18-16;11-10-7-3-5-8-4-1-2-6-9(8)10;11-10-6-5-8-3-1-2-4-9(8)7-10;2*1-6-2-4-7(9-8)5-3-6;;;;;;;;;;;/h2-6,9-10,14,17-18H,7-8H2,1H3;2-6,8,10,18H,7,9H2,1H3;2-8,18H,9-10H2,1H3;1-2,4,6H,3,5,7H2;1-4H,5-7H2;2*2-5,9H,8H2,1H3;5*1H4;4*1H;;/q;;;;;;;;;;;;;;;;2*+2/p-4. The van der Waals surface area contributed by atoms with Crippen LogP contribution in [0.5, 0.6) is 0 Å². The number of fused-ring (bicyclic) bond motifs is 16. The van der Waals surface area contributed by atoms with E-state index in [1.165, 1.54) is 146 Å². The van der Waals surface area contributed by atoms with Crippen LogP contribution in [0.25, 0.3) is 32.9 Å². The van der Waals surface area contributed by atoms with Gasteiger partial charge < -0.3 is 26.1 Å². The fourth-order valence-electron chi connectivity index (χ4n) is 14.1. The number of halogens is 4. The van der Waals surface area contributed by atoms with Crippen molar-refractivity contribution >= 4 is 89.2 Å². The van der Waals surface area contributed by atoms with Gasteiger partial charge >= 0.3 is 69.1 Å². The average molecular weight is 1590 g/mol. The quantitative estimate of drug-likeness (QED) is 0.0517. The summed E-state index contributed by atoms with van der Waals surface area (Å²) in [4.78, 5) is 29.5. The van der Waals surface area contributed by atoms with Crippen LogP contribution in [0.4, 0.5) is 17.1 Å². The first kappa shape index (κ1) is 88.0. The molecule has 9 nitrogen and oxygen atoms in total. The number of Topliss-reactive ketones (excluding diaryl/α,β-unsaturated/α-hetero) is 2. The van der Waals surface area contributed by atoms with Crippen molar-refractivity contribution in [3.63, 3.8) is 0 Å². The Morgan fingerprint density at radius 2 is 0.848 bits per heavy atom. The zero-order chi connectivity index (χ0) is 70.5. The molecular formula is C90H107Cl4N7O2Zn2. The number of hydrogen-bond acceptors (Lipinski definition) is 7. The number of aryl methyl sites for hydroxylation is 10. The fraction of sp³-hybridized carbons (Fsp3) is 0.267. The average Bonchev–Trinajstić information content (AvgIpc) is 1.63. The third-order valence-electron chi connectivity index (χ3n) is 19.2. The molecule has 3 heterocycles. The van der Waals surface area contributed by atoms with E-state index in [1.54, 1.807) is 0 Å². The van der Waals surface area contributed by atoms with Gasteiger partial charge in [-0.05, 0) is 195 Å². The van der Waals surface area contributed by atoms with Crippen molar-refractivity contribution in [2.24, 2.45) is 11.7 Å². The Morgan fingerprint density at radius 3 is 1.43 bits per heavy atom. The van der Waals surface area contributed by atoms with Gasteiger partial charge in [0.1, 0.15) is 5.78 Å². The molecule has 105 heavy (non-hydrogen) atoms. The molecule has 2 unspecified atom stereocenters. The molecule has 0 bridgehead atoms. The topological polar surface area (TPSA) is 154 Å². The Morgan fingerprint density at radius 1 is 0.400 bits per heavy atom. The number of rotatable bonds is 2. The first-order chi connectivity index (χ1) is 48.7. The molecule has 1 aliphatic heterocycles. The first-order valence-corrected chi connectivity index (χ1v) is 50.1. The number of carbonyl (C=O) groups is 2. The van der Waals surface area contributed by atoms with Gasteiger partial charge in [0.15, 0.2) is 5.78 Å². The Hall–Kier alpha value is -7.65. The number of nitrogen functional groups attached to an aromatic ring is 2. The Kier molecular flexibility index (Phi) is 36.7. The summed E-state index contributed by atoms with van der Waals surface area (Å²) >= 11 is -1.86. The zero-order valence-corrected chi connectivity index (χ0v) is 66.9. The molecule has 15 heteroatoms. The Labute approximate surface area is 658 Å². The number of anilines is 3. The van der Waals surface area contributed by atoms with Gasteiger partial charge in [0.25, 0.3) is 0 Å². The van der Waals surface area contributed by atoms with Crippen molar-refractivity contribution in [2.75, 3.05) is 16.2 Å². The van der Waals surface area contributed by atoms with E-state index in [0.29, 0.717) is 29.9 Å². The van der Waals surface area contributed by atoms with E-state index >= 15 is 0 Å². The summed E-state index contributed by atoms with van der Waals surface area (Å²) in [5.41, 5.74) is 38.3. The van der Waals surface area contributed by atoms with Crippen LogP contribution in [0.2, 0.25) is 0 Å². The molecule has 12 aromatic rings. The van der Waals surface area contributed by atoms with Gasteiger partial charge in [-0.2, -0.15) is 0 Å². The molecule has 6 aliphatic rings. The first-order valence-electron chi connectivity index (χ1n) is 34.5. The van der Waals surface area contributed by atoms with E-state index in [4.69, 9.17) is 50.4 Å². The fourth-order valence-corrected chi connectivity index (χ4v) is 14.1. The number of nitrogens with two attached hydrogens (primary N) is 2.